The van der Waals surface area contributed by atoms with Crippen LogP contribution in [-0.2, 0) is 13.1 Å². The molecule has 0 atom stereocenters. The lowest BCUT2D eigenvalue weighted by atomic mass is 10.1. The van der Waals surface area contributed by atoms with Crippen LogP contribution in [0.3, 0.4) is 0 Å². The largest absolute Gasteiger partial charge is 0.347 e. The number of aromatic nitrogens is 1. The van der Waals surface area contributed by atoms with Gasteiger partial charge in [-0.2, -0.15) is 0 Å². The molecule has 0 radical (unpaired) electrons. The van der Waals surface area contributed by atoms with Crippen LogP contribution in [0, 0.1) is 5.92 Å². The maximum atomic E-state index is 3.78. The van der Waals surface area contributed by atoms with Crippen molar-refractivity contribution in [1.29, 1.82) is 0 Å². The first-order valence-electron chi connectivity index (χ1n) is 7.10. The summed E-state index contributed by atoms with van der Waals surface area (Å²) in [6, 6.07) is 8.93. The van der Waals surface area contributed by atoms with Gasteiger partial charge in [0.05, 0.1) is 0 Å². The van der Waals surface area contributed by atoms with E-state index in [1.54, 1.807) is 0 Å². The van der Waals surface area contributed by atoms with E-state index in [1.165, 1.54) is 16.5 Å². The van der Waals surface area contributed by atoms with Crippen molar-refractivity contribution in [3.8, 4) is 0 Å². The first-order chi connectivity index (χ1) is 9.20. The molecule has 2 aromatic rings. The van der Waals surface area contributed by atoms with Crippen molar-refractivity contribution in [2.75, 3.05) is 6.54 Å². The highest BCUT2D eigenvalue weighted by Crippen LogP contribution is 2.18. The van der Waals surface area contributed by atoms with E-state index in [4.69, 9.17) is 0 Å². The Kier molecular flexibility index (Phi) is 4.80. The third-order valence-corrected chi connectivity index (χ3v) is 3.29. The molecule has 102 valence electrons. The minimum atomic E-state index is 0.698. The summed E-state index contributed by atoms with van der Waals surface area (Å²) in [4.78, 5) is 0. The Bertz CT molecular complexity index is 537. The lowest BCUT2D eigenvalue weighted by molar-refractivity contribution is 0.552. The number of nitrogens with one attached hydrogen (secondary N) is 1. The van der Waals surface area contributed by atoms with Crippen molar-refractivity contribution in [2.45, 2.75) is 33.4 Å². The zero-order valence-corrected chi connectivity index (χ0v) is 12.0. The first-order valence-corrected chi connectivity index (χ1v) is 7.10. The summed E-state index contributed by atoms with van der Waals surface area (Å²) in [6.45, 7) is 11.3. The predicted octanol–water partition coefficient (Wildman–Crippen LogP) is 3.96. The Morgan fingerprint density at radius 3 is 2.89 bits per heavy atom. The average molecular weight is 256 g/mol. The van der Waals surface area contributed by atoms with Crippen molar-refractivity contribution in [3.63, 3.8) is 0 Å². The molecule has 1 aromatic carbocycles. The van der Waals surface area contributed by atoms with E-state index in [9.17, 15) is 0 Å². The van der Waals surface area contributed by atoms with Gasteiger partial charge in [0.2, 0.25) is 0 Å². The second kappa shape index (κ2) is 6.58. The van der Waals surface area contributed by atoms with Crippen LogP contribution in [0.15, 0.2) is 43.1 Å². The van der Waals surface area contributed by atoms with E-state index < -0.39 is 0 Å². The molecule has 0 spiro atoms. The van der Waals surface area contributed by atoms with Gasteiger partial charge in [-0.05, 0) is 48.0 Å². The second-order valence-corrected chi connectivity index (χ2v) is 5.50. The fraction of sp³-hybridized carbons (Fsp3) is 0.412. The maximum absolute atomic E-state index is 3.78. The van der Waals surface area contributed by atoms with Crippen molar-refractivity contribution in [2.24, 2.45) is 5.92 Å². The van der Waals surface area contributed by atoms with Gasteiger partial charge in [0.25, 0.3) is 0 Å². The normalized spacial score (nSPS) is 11.3. The van der Waals surface area contributed by atoms with Gasteiger partial charge in [0.15, 0.2) is 0 Å². The number of hydrogen-bond acceptors (Lipinski definition) is 1. The summed E-state index contributed by atoms with van der Waals surface area (Å²) >= 11 is 0. The molecule has 2 heteroatoms. The van der Waals surface area contributed by atoms with Crippen LogP contribution in [0.5, 0.6) is 0 Å². The first kappa shape index (κ1) is 13.9. The van der Waals surface area contributed by atoms with Gasteiger partial charge >= 0.3 is 0 Å². The van der Waals surface area contributed by atoms with Gasteiger partial charge < -0.3 is 9.88 Å². The highest BCUT2D eigenvalue weighted by Gasteiger charge is 2.02. The smallest absolute Gasteiger partial charge is 0.0480 e. The number of rotatable bonds is 7. The average Bonchev–Trinajstić information content (AvgIpc) is 2.78. The quantitative estimate of drug-likeness (QED) is 0.742. The molecule has 0 aliphatic rings. The van der Waals surface area contributed by atoms with Crippen LogP contribution >= 0.6 is 0 Å². The number of allylic oxidation sites excluding steroid dienone is 1. The Morgan fingerprint density at radius 1 is 1.32 bits per heavy atom. The summed E-state index contributed by atoms with van der Waals surface area (Å²) < 4.78 is 2.29. The molecule has 0 saturated heterocycles. The number of hydrogen-bond donors (Lipinski definition) is 1. The summed E-state index contributed by atoms with van der Waals surface area (Å²) in [5.74, 6) is 0.698. The lowest BCUT2D eigenvalue weighted by Gasteiger charge is -2.08. The molecule has 19 heavy (non-hydrogen) atoms. The summed E-state index contributed by atoms with van der Waals surface area (Å²) in [5.41, 5.74) is 2.67. The second-order valence-electron chi connectivity index (χ2n) is 5.50. The zero-order chi connectivity index (χ0) is 13.7. The summed E-state index contributed by atoms with van der Waals surface area (Å²) in [6.07, 6.45) is 5.15. The fourth-order valence-electron chi connectivity index (χ4n) is 2.29. The molecule has 1 aromatic heterocycles. The van der Waals surface area contributed by atoms with Crippen LogP contribution < -0.4 is 5.32 Å². The molecule has 0 amide bonds. The molecule has 1 N–H and O–H groups in total. The van der Waals surface area contributed by atoms with Crippen LogP contribution in [0.1, 0.15) is 25.8 Å². The van der Waals surface area contributed by atoms with Crippen LogP contribution in [0.4, 0.5) is 0 Å². The monoisotopic (exact) mass is 256 g/mol. The SMILES string of the molecule is C=CCCn1ccc2cc(CNCC(C)C)ccc21. The molecular formula is C17H24N2. The summed E-state index contributed by atoms with van der Waals surface area (Å²) in [5, 5.41) is 4.81. The molecular weight excluding hydrogens is 232 g/mol. The molecule has 2 rings (SSSR count). The Labute approximate surface area is 116 Å². The van der Waals surface area contributed by atoms with Gasteiger partial charge in [-0.25, -0.2) is 0 Å². The van der Waals surface area contributed by atoms with Gasteiger partial charge in [-0.3, -0.25) is 0 Å². The molecule has 0 aliphatic heterocycles. The third kappa shape index (κ3) is 3.71. The summed E-state index contributed by atoms with van der Waals surface area (Å²) in [7, 11) is 0. The third-order valence-electron chi connectivity index (χ3n) is 3.29. The van der Waals surface area contributed by atoms with Crippen molar-refractivity contribution in [3.05, 3.63) is 48.7 Å². The molecule has 0 aliphatic carbocycles. The van der Waals surface area contributed by atoms with Crippen LogP contribution in [0.2, 0.25) is 0 Å². The lowest BCUT2D eigenvalue weighted by Crippen LogP contribution is -2.18. The van der Waals surface area contributed by atoms with Gasteiger partial charge in [-0.1, -0.05) is 26.0 Å². The molecule has 0 fully saturated rings. The predicted molar refractivity (Wildman–Crippen MR) is 83.3 cm³/mol. The van der Waals surface area contributed by atoms with Gasteiger partial charge in [0.1, 0.15) is 0 Å². The maximum Gasteiger partial charge on any atom is 0.0480 e. The Morgan fingerprint density at radius 2 is 2.16 bits per heavy atom. The molecule has 1 heterocycles. The fourth-order valence-corrected chi connectivity index (χ4v) is 2.29. The van der Waals surface area contributed by atoms with E-state index >= 15 is 0 Å². The standard InChI is InChI=1S/C17H24N2/c1-4-5-9-19-10-8-16-11-15(6-7-17(16)19)13-18-12-14(2)3/h4,6-8,10-11,14,18H,1,5,9,12-13H2,2-3H3. The molecule has 0 unspecified atom stereocenters. The van der Waals surface area contributed by atoms with Gasteiger partial charge in [-0.15, -0.1) is 6.58 Å². The zero-order valence-electron chi connectivity index (χ0n) is 12.0. The molecule has 2 nitrogen and oxygen atoms in total. The Balaban J connectivity index is 2.07. The highest BCUT2D eigenvalue weighted by molar-refractivity contribution is 5.80. The van der Waals surface area contributed by atoms with E-state index in [2.05, 4.69) is 60.8 Å². The van der Waals surface area contributed by atoms with Crippen molar-refractivity contribution >= 4 is 10.9 Å². The van der Waals surface area contributed by atoms with Gasteiger partial charge in [0, 0.05) is 24.8 Å². The number of fused-ring (bicyclic) bond motifs is 1. The minimum Gasteiger partial charge on any atom is -0.347 e. The van der Waals surface area contributed by atoms with E-state index in [1.807, 2.05) is 6.08 Å². The van der Waals surface area contributed by atoms with E-state index in [0.717, 1.165) is 26.1 Å². The number of aryl methyl sites for hydroxylation is 1. The minimum absolute atomic E-state index is 0.698. The van der Waals surface area contributed by atoms with Crippen molar-refractivity contribution in [1.82, 2.24) is 9.88 Å². The van der Waals surface area contributed by atoms with Crippen LogP contribution in [0.25, 0.3) is 10.9 Å². The molecule has 0 saturated carbocycles. The molecule has 0 bridgehead atoms. The highest BCUT2D eigenvalue weighted by atomic mass is 14.9. The van der Waals surface area contributed by atoms with Crippen LogP contribution in [-0.4, -0.2) is 11.1 Å². The van der Waals surface area contributed by atoms with E-state index in [-0.39, 0.29) is 0 Å². The van der Waals surface area contributed by atoms with Crippen molar-refractivity contribution < 1.29 is 0 Å². The topological polar surface area (TPSA) is 17.0 Å². The van der Waals surface area contributed by atoms with E-state index in [0.29, 0.717) is 5.92 Å². The number of benzene rings is 1. The number of nitrogens with zero attached hydrogens (tertiary/aromatic N) is 1. The Hall–Kier alpha value is -1.54.